The van der Waals surface area contributed by atoms with Gasteiger partial charge < -0.3 is 14.8 Å². The second-order valence-electron chi connectivity index (χ2n) is 7.92. The van der Waals surface area contributed by atoms with Gasteiger partial charge in [0, 0.05) is 18.7 Å². The number of aromatic nitrogens is 1. The van der Waals surface area contributed by atoms with Crippen molar-refractivity contribution in [2.24, 2.45) is 0 Å². The second-order valence-corrected chi connectivity index (χ2v) is 8.95. The van der Waals surface area contributed by atoms with E-state index in [2.05, 4.69) is 15.6 Å². The Morgan fingerprint density at radius 1 is 1.09 bits per heavy atom. The Morgan fingerprint density at radius 2 is 1.78 bits per heavy atom. The van der Waals surface area contributed by atoms with Gasteiger partial charge in [0.15, 0.2) is 5.13 Å². The molecule has 1 aromatic carbocycles. The summed E-state index contributed by atoms with van der Waals surface area (Å²) in [6.07, 6.45) is 3.81. The van der Waals surface area contributed by atoms with Gasteiger partial charge in [-0.2, -0.15) is 0 Å². The summed E-state index contributed by atoms with van der Waals surface area (Å²) in [5.41, 5.74) is 1.90. The van der Waals surface area contributed by atoms with Crippen molar-refractivity contribution in [3.8, 4) is 0 Å². The number of nitrogens with zero attached hydrogens (tertiary/aromatic N) is 1. The Kier molecular flexibility index (Phi) is 8.95. The Labute approximate surface area is 192 Å². The summed E-state index contributed by atoms with van der Waals surface area (Å²) in [7, 11) is 0. The number of ether oxygens (including phenoxy) is 2. The van der Waals surface area contributed by atoms with Crippen LogP contribution in [-0.2, 0) is 31.9 Å². The molecule has 1 aromatic heterocycles. The molecule has 32 heavy (non-hydrogen) atoms. The van der Waals surface area contributed by atoms with Crippen molar-refractivity contribution in [2.45, 2.75) is 53.1 Å². The first-order valence-electron chi connectivity index (χ1n) is 10.3. The summed E-state index contributed by atoms with van der Waals surface area (Å²) in [5, 5.41) is 5.87. The van der Waals surface area contributed by atoms with Crippen molar-refractivity contribution in [1.82, 2.24) is 4.98 Å². The van der Waals surface area contributed by atoms with E-state index in [1.165, 1.54) is 24.3 Å². The van der Waals surface area contributed by atoms with Crippen LogP contribution < -0.4 is 10.6 Å². The van der Waals surface area contributed by atoms with Crippen LogP contribution in [0.15, 0.2) is 30.3 Å². The fourth-order valence-electron chi connectivity index (χ4n) is 2.65. The van der Waals surface area contributed by atoms with E-state index in [-0.39, 0.29) is 5.91 Å². The van der Waals surface area contributed by atoms with Gasteiger partial charge in [0.25, 0.3) is 0 Å². The van der Waals surface area contributed by atoms with Gasteiger partial charge in [0.05, 0.1) is 17.2 Å². The lowest BCUT2D eigenvalue weighted by molar-refractivity contribution is -0.137. The Balaban J connectivity index is 2.05. The molecule has 0 fully saturated rings. The zero-order valence-corrected chi connectivity index (χ0v) is 19.8. The number of esters is 1. The molecule has 0 spiro atoms. The number of hydrogen-bond acceptors (Lipinski definition) is 7. The monoisotopic (exact) mass is 459 g/mol. The first-order valence-corrected chi connectivity index (χ1v) is 11.1. The minimum atomic E-state index is -0.562. The normalized spacial score (nSPS) is 11.3. The van der Waals surface area contributed by atoms with Crippen LogP contribution in [0.1, 0.15) is 50.8 Å². The SMILES string of the molecule is CCOC(=O)C=Cc1sc(NC(C)=O)nc1CCc1ccc(NC(=O)OC(C)(C)C)cc1. The van der Waals surface area contributed by atoms with Crippen molar-refractivity contribution < 1.29 is 23.9 Å². The van der Waals surface area contributed by atoms with Gasteiger partial charge >= 0.3 is 12.1 Å². The quantitative estimate of drug-likeness (QED) is 0.433. The summed E-state index contributed by atoms with van der Waals surface area (Å²) in [6.45, 7) is 8.88. The maximum absolute atomic E-state index is 11.9. The predicted molar refractivity (Wildman–Crippen MR) is 126 cm³/mol. The minimum Gasteiger partial charge on any atom is -0.463 e. The maximum Gasteiger partial charge on any atom is 0.412 e. The molecule has 2 amide bonds. The molecule has 0 unspecified atom stereocenters. The fraction of sp³-hybridized carbons (Fsp3) is 0.391. The zero-order valence-electron chi connectivity index (χ0n) is 19.0. The highest BCUT2D eigenvalue weighted by Crippen LogP contribution is 2.26. The zero-order chi connectivity index (χ0) is 23.7. The lowest BCUT2D eigenvalue weighted by Crippen LogP contribution is -2.27. The summed E-state index contributed by atoms with van der Waals surface area (Å²) >= 11 is 1.30. The minimum absolute atomic E-state index is 0.209. The average molecular weight is 460 g/mol. The fourth-order valence-corrected chi connectivity index (χ4v) is 3.61. The summed E-state index contributed by atoms with van der Waals surface area (Å²) in [5.74, 6) is -0.639. The Bertz CT molecular complexity index is 975. The average Bonchev–Trinajstić information content (AvgIpc) is 3.05. The van der Waals surface area contributed by atoms with Crippen LogP contribution in [0.2, 0.25) is 0 Å². The van der Waals surface area contributed by atoms with Crippen LogP contribution in [0.25, 0.3) is 6.08 Å². The number of anilines is 2. The van der Waals surface area contributed by atoms with Crippen LogP contribution >= 0.6 is 11.3 Å². The van der Waals surface area contributed by atoms with E-state index in [1.807, 2.05) is 45.0 Å². The molecule has 0 saturated heterocycles. The van der Waals surface area contributed by atoms with Crippen LogP contribution in [0.3, 0.4) is 0 Å². The molecule has 0 bridgehead atoms. The van der Waals surface area contributed by atoms with E-state index in [4.69, 9.17) is 9.47 Å². The number of rotatable bonds is 8. The van der Waals surface area contributed by atoms with E-state index >= 15 is 0 Å². The van der Waals surface area contributed by atoms with Gasteiger partial charge in [-0.15, -0.1) is 0 Å². The molecule has 0 aliphatic carbocycles. The van der Waals surface area contributed by atoms with Crippen molar-refractivity contribution in [1.29, 1.82) is 0 Å². The molecule has 2 aromatic rings. The lowest BCUT2D eigenvalue weighted by Gasteiger charge is -2.19. The Hall–Kier alpha value is -3.20. The molecule has 0 aliphatic rings. The van der Waals surface area contributed by atoms with Gasteiger partial charge in [0.1, 0.15) is 5.60 Å². The third kappa shape index (κ3) is 8.89. The maximum atomic E-state index is 11.9. The molecule has 172 valence electrons. The van der Waals surface area contributed by atoms with Crippen LogP contribution in [0, 0.1) is 0 Å². The second kappa shape index (κ2) is 11.4. The number of thiazole rings is 1. The molecule has 0 aliphatic heterocycles. The molecule has 0 atom stereocenters. The van der Waals surface area contributed by atoms with E-state index in [0.717, 1.165) is 16.1 Å². The number of hydrogen-bond donors (Lipinski definition) is 2. The summed E-state index contributed by atoms with van der Waals surface area (Å²) in [6, 6.07) is 7.46. The van der Waals surface area contributed by atoms with Gasteiger partial charge in [0.2, 0.25) is 5.91 Å². The Morgan fingerprint density at radius 3 is 2.38 bits per heavy atom. The van der Waals surface area contributed by atoms with E-state index in [0.29, 0.717) is 30.3 Å². The number of aryl methyl sites for hydroxylation is 2. The van der Waals surface area contributed by atoms with Crippen LogP contribution in [-0.4, -0.2) is 35.2 Å². The van der Waals surface area contributed by atoms with Gasteiger partial charge in [-0.3, -0.25) is 10.1 Å². The molecule has 0 saturated carbocycles. The van der Waals surface area contributed by atoms with Gasteiger partial charge in [-0.25, -0.2) is 14.6 Å². The number of nitrogens with one attached hydrogen (secondary N) is 2. The van der Waals surface area contributed by atoms with E-state index in [9.17, 15) is 14.4 Å². The largest absolute Gasteiger partial charge is 0.463 e. The van der Waals surface area contributed by atoms with Crippen molar-refractivity contribution in [3.63, 3.8) is 0 Å². The topological polar surface area (TPSA) is 107 Å². The van der Waals surface area contributed by atoms with Crippen molar-refractivity contribution in [3.05, 3.63) is 46.5 Å². The first-order chi connectivity index (χ1) is 15.1. The third-order valence-corrected chi connectivity index (χ3v) is 4.90. The van der Waals surface area contributed by atoms with Crippen LogP contribution in [0.4, 0.5) is 15.6 Å². The van der Waals surface area contributed by atoms with Crippen molar-refractivity contribution >= 4 is 46.2 Å². The molecule has 2 rings (SSSR count). The summed E-state index contributed by atoms with van der Waals surface area (Å²) < 4.78 is 10.2. The van der Waals surface area contributed by atoms with Gasteiger partial charge in [-0.1, -0.05) is 23.5 Å². The number of benzene rings is 1. The highest BCUT2D eigenvalue weighted by atomic mass is 32.1. The standard InChI is InChI=1S/C23H29N3O5S/c1-6-30-20(28)14-13-19-18(26-21(32-19)24-15(2)27)12-9-16-7-10-17(11-8-16)25-22(29)31-23(3,4)5/h7-8,10-11,13-14H,6,9,12H2,1-5H3,(H,25,29)(H,24,26,27). The molecule has 0 radical (unpaired) electrons. The van der Waals surface area contributed by atoms with Gasteiger partial charge in [-0.05, 0) is 64.3 Å². The third-order valence-electron chi connectivity index (χ3n) is 3.92. The number of carbonyl (C=O) groups is 3. The number of carbonyl (C=O) groups excluding carboxylic acids is 3. The molecule has 9 heteroatoms. The predicted octanol–water partition coefficient (Wildman–Crippen LogP) is 4.81. The lowest BCUT2D eigenvalue weighted by atomic mass is 10.1. The number of amides is 2. The molecular formula is C23H29N3O5S. The molecular weight excluding hydrogens is 430 g/mol. The first kappa shape index (κ1) is 25.1. The highest BCUT2D eigenvalue weighted by Gasteiger charge is 2.16. The molecule has 1 heterocycles. The van der Waals surface area contributed by atoms with Crippen LogP contribution in [0.5, 0.6) is 0 Å². The smallest absolute Gasteiger partial charge is 0.412 e. The van der Waals surface area contributed by atoms with E-state index in [1.54, 1.807) is 13.0 Å². The summed E-state index contributed by atoms with van der Waals surface area (Å²) in [4.78, 5) is 40.2. The molecule has 8 nitrogen and oxygen atoms in total. The van der Waals surface area contributed by atoms with E-state index < -0.39 is 17.7 Å². The van der Waals surface area contributed by atoms with Crippen molar-refractivity contribution in [2.75, 3.05) is 17.2 Å². The molecule has 2 N–H and O–H groups in total. The highest BCUT2D eigenvalue weighted by molar-refractivity contribution is 7.16.